The maximum Gasteiger partial charge on any atom is 0.251 e. The minimum atomic E-state index is -3.34. The summed E-state index contributed by atoms with van der Waals surface area (Å²) < 4.78 is 57.5. The fraction of sp³-hybridized carbons (Fsp3) is 0.900. The van der Waals surface area contributed by atoms with Crippen LogP contribution in [0, 0.1) is 6.92 Å². The van der Waals surface area contributed by atoms with Gasteiger partial charge in [0.25, 0.3) is 5.92 Å². The van der Waals surface area contributed by atoms with Crippen molar-refractivity contribution in [2.45, 2.75) is 53.9 Å². The Hall–Kier alpha value is 0.338. The van der Waals surface area contributed by atoms with Gasteiger partial charge in [0.15, 0.2) is 0 Å². The standard InChI is InChI=1S/C6H9F4.CH3F.3CH4.W/c1-3-6(9,10)4-5(2,7)8;1-2;;;;/h1,3-4H2,2H3;1H3;3*1H4;/q-1;;;;;. The first-order valence-electron chi connectivity index (χ1n) is 3.19. The maximum atomic E-state index is 12.1. The van der Waals surface area contributed by atoms with Crippen molar-refractivity contribution in [2.75, 3.05) is 7.18 Å². The Labute approximate surface area is 111 Å². The molecule has 0 aliphatic rings. The molecule has 0 aliphatic heterocycles. The Kier molecular flexibility index (Phi) is 34.5. The molecule has 0 aromatic carbocycles. The van der Waals surface area contributed by atoms with E-state index in [-0.39, 0.29) is 43.3 Å². The number of rotatable bonds is 3. The molecular formula is C10H24F5W-. The van der Waals surface area contributed by atoms with Crippen LogP contribution in [0.3, 0.4) is 0 Å². The van der Waals surface area contributed by atoms with Crippen LogP contribution >= 0.6 is 0 Å². The van der Waals surface area contributed by atoms with Crippen LogP contribution in [0.5, 0.6) is 0 Å². The largest absolute Gasteiger partial charge is 0.338 e. The molecule has 0 radical (unpaired) electrons. The van der Waals surface area contributed by atoms with Crippen molar-refractivity contribution in [3.8, 4) is 0 Å². The Morgan fingerprint density at radius 1 is 0.938 bits per heavy atom. The summed E-state index contributed by atoms with van der Waals surface area (Å²) in [6, 6.07) is 0. The Balaban J connectivity index is -0.0000000393. The quantitative estimate of drug-likeness (QED) is 0.423. The summed E-state index contributed by atoms with van der Waals surface area (Å²) in [4.78, 5) is 0. The molecule has 0 fully saturated rings. The van der Waals surface area contributed by atoms with Crippen molar-refractivity contribution in [2.24, 2.45) is 0 Å². The topological polar surface area (TPSA) is 0 Å². The molecule has 0 bridgehead atoms. The van der Waals surface area contributed by atoms with E-state index in [0.29, 0.717) is 14.1 Å². The monoisotopic (exact) mass is 423 g/mol. The molecule has 0 nitrogen and oxygen atoms in total. The van der Waals surface area contributed by atoms with E-state index in [1.807, 2.05) is 0 Å². The fourth-order valence-electron chi connectivity index (χ4n) is 0.543. The normalized spacial score (nSPS) is 9.00. The summed E-state index contributed by atoms with van der Waals surface area (Å²) in [6.45, 7) is 3.33. The van der Waals surface area contributed by atoms with Crippen LogP contribution in [0.25, 0.3) is 0 Å². The van der Waals surface area contributed by atoms with E-state index < -0.39 is 24.7 Å². The maximum absolute atomic E-state index is 12.1. The first kappa shape index (κ1) is 36.0. The molecule has 106 valence electrons. The number of hydrogen-bond donors (Lipinski definition) is 0. The van der Waals surface area contributed by atoms with Gasteiger partial charge in [0.05, 0.1) is 13.6 Å². The van der Waals surface area contributed by atoms with Crippen LogP contribution in [0.4, 0.5) is 22.0 Å². The molecule has 0 saturated carbocycles. The zero-order valence-electron chi connectivity index (χ0n) is 7.42. The molecule has 0 saturated heterocycles. The zero-order chi connectivity index (χ0) is 10.4. The molecular weight excluding hydrogens is 399 g/mol. The van der Waals surface area contributed by atoms with Gasteiger partial charge >= 0.3 is 0 Å². The average Bonchev–Trinajstić information content (AvgIpc) is 1.88. The molecule has 0 spiro atoms. The summed E-state index contributed by atoms with van der Waals surface area (Å²) in [5, 5.41) is 0. The molecule has 6 heteroatoms. The third-order valence-corrected chi connectivity index (χ3v) is 0.935. The van der Waals surface area contributed by atoms with Crippen LogP contribution in [0.1, 0.15) is 42.0 Å². The van der Waals surface area contributed by atoms with E-state index >= 15 is 0 Å². The zero-order valence-corrected chi connectivity index (χ0v) is 10.4. The van der Waals surface area contributed by atoms with Crippen molar-refractivity contribution in [1.82, 2.24) is 0 Å². The van der Waals surface area contributed by atoms with Gasteiger partial charge < -0.3 is 6.92 Å². The van der Waals surface area contributed by atoms with Crippen molar-refractivity contribution in [3.05, 3.63) is 6.92 Å². The first-order chi connectivity index (χ1) is 5.27. The van der Waals surface area contributed by atoms with Crippen LogP contribution < -0.4 is 0 Å². The Morgan fingerprint density at radius 2 is 1.19 bits per heavy atom. The van der Waals surface area contributed by atoms with E-state index in [4.69, 9.17) is 0 Å². The van der Waals surface area contributed by atoms with Crippen LogP contribution in [-0.4, -0.2) is 19.0 Å². The molecule has 0 N–H and O–H groups in total. The van der Waals surface area contributed by atoms with Gasteiger partial charge in [0.1, 0.15) is 0 Å². The van der Waals surface area contributed by atoms with E-state index in [1.54, 1.807) is 0 Å². The SMILES string of the molecule is C.C.C.CF.[CH2-]CC(F)(F)CC(C)(F)F.[W]. The van der Waals surface area contributed by atoms with E-state index in [0.717, 1.165) is 0 Å². The molecule has 0 aliphatic carbocycles. The average molecular weight is 423 g/mol. The van der Waals surface area contributed by atoms with Crippen molar-refractivity contribution >= 4 is 0 Å². The van der Waals surface area contributed by atoms with E-state index in [9.17, 15) is 22.0 Å². The van der Waals surface area contributed by atoms with E-state index in [1.165, 1.54) is 0 Å². The number of alkyl halides is 5. The predicted octanol–water partition coefficient (Wildman–Crippen LogP) is 5.38. The van der Waals surface area contributed by atoms with Crippen molar-refractivity contribution in [1.29, 1.82) is 0 Å². The van der Waals surface area contributed by atoms with Crippen LogP contribution in [0.15, 0.2) is 0 Å². The summed E-state index contributed by atoms with van der Waals surface area (Å²) in [5.74, 6) is -6.64. The fourth-order valence-corrected chi connectivity index (χ4v) is 0.543. The minimum Gasteiger partial charge on any atom is -0.338 e. The number of hydrogen-bond acceptors (Lipinski definition) is 0. The molecule has 0 heterocycles. The smallest absolute Gasteiger partial charge is 0.251 e. The Morgan fingerprint density at radius 3 is 1.25 bits per heavy atom. The summed E-state index contributed by atoms with van der Waals surface area (Å²) in [7, 11) is 0.500. The van der Waals surface area contributed by atoms with Gasteiger partial charge in [-0.05, 0) is 6.92 Å². The summed E-state index contributed by atoms with van der Waals surface area (Å²) in [5.41, 5.74) is 0. The summed E-state index contributed by atoms with van der Waals surface area (Å²) >= 11 is 0. The third-order valence-electron chi connectivity index (χ3n) is 0.935. The molecule has 0 aromatic rings. The summed E-state index contributed by atoms with van der Waals surface area (Å²) in [6.07, 6.45) is -2.19. The van der Waals surface area contributed by atoms with Crippen molar-refractivity contribution in [3.63, 3.8) is 0 Å². The van der Waals surface area contributed by atoms with Gasteiger partial charge in [-0.25, -0.2) is 17.6 Å². The molecule has 16 heavy (non-hydrogen) atoms. The van der Waals surface area contributed by atoms with Gasteiger partial charge in [-0.2, -0.15) is 0 Å². The predicted molar refractivity (Wildman–Crippen MR) is 57.4 cm³/mol. The minimum absolute atomic E-state index is 0. The van der Waals surface area contributed by atoms with Crippen LogP contribution in [0.2, 0.25) is 0 Å². The first-order valence-corrected chi connectivity index (χ1v) is 3.19. The molecule has 0 rings (SSSR count). The second-order valence-corrected chi connectivity index (χ2v) is 2.35. The van der Waals surface area contributed by atoms with E-state index in [2.05, 4.69) is 6.92 Å². The number of halogens is 5. The molecule has 0 unspecified atom stereocenters. The molecule has 0 amide bonds. The van der Waals surface area contributed by atoms with Gasteiger partial charge in [0, 0.05) is 21.1 Å². The third kappa shape index (κ3) is 29.3. The van der Waals surface area contributed by atoms with Gasteiger partial charge in [-0.15, -0.1) is 6.42 Å². The second-order valence-electron chi connectivity index (χ2n) is 2.35. The van der Waals surface area contributed by atoms with Gasteiger partial charge in [-0.3, -0.25) is 4.39 Å². The van der Waals surface area contributed by atoms with Crippen LogP contribution in [-0.2, 0) is 21.1 Å². The van der Waals surface area contributed by atoms with Gasteiger partial charge in [0.2, 0.25) is 5.92 Å². The molecule has 0 atom stereocenters. The van der Waals surface area contributed by atoms with Crippen molar-refractivity contribution < 1.29 is 43.0 Å². The van der Waals surface area contributed by atoms with Gasteiger partial charge in [-0.1, -0.05) is 22.3 Å². The Bertz CT molecular complexity index is 112. The second kappa shape index (κ2) is 15.3. The molecule has 0 aromatic heterocycles.